The van der Waals surface area contributed by atoms with Gasteiger partial charge >= 0.3 is 5.97 Å². The van der Waals surface area contributed by atoms with Crippen molar-refractivity contribution >= 4 is 11.9 Å². The summed E-state index contributed by atoms with van der Waals surface area (Å²) in [7, 11) is 0. The van der Waals surface area contributed by atoms with Crippen LogP contribution < -0.4 is 10.1 Å². The minimum Gasteiger partial charge on any atom is -0.482 e. The van der Waals surface area contributed by atoms with Crippen molar-refractivity contribution < 1.29 is 19.1 Å². The van der Waals surface area contributed by atoms with Crippen molar-refractivity contribution in [3.8, 4) is 5.75 Å². The van der Waals surface area contributed by atoms with E-state index in [1.54, 1.807) is 6.07 Å². The second-order valence-electron chi connectivity index (χ2n) is 6.36. The van der Waals surface area contributed by atoms with Gasteiger partial charge in [-0.2, -0.15) is 0 Å². The molecule has 0 saturated carbocycles. The summed E-state index contributed by atoms with van der Waals surface area (Å²) in [6, 6.07) is 5.63. The van der Waals surface area contributed by atoms with E-state index in [0.29, 0.717) is 5.75 Å². The van der Waals surface area contributed by atoms with E-state index >= 15 is 0 Å². The first kappa shape index (κ1) is 18.0. The van der Waals surface area contributed by atoms with Crippen LogP contribution in [-0.2, 0) is 14.3 Å². The lowest BCUT2D eigenvalue weighted by Gasteiger charge is -2.23. The molecule has 0 radical (unpaired) electrons. The third kappa shape index (κ3) is 5.76. The lowest BCUT2D eigenvalue weighted by atomic mass is 10.1. The standard InChI is InChI=1S/C17H25NO4/c1-11-8-7-9-14(12(11)2)21-10-15(19)22-13(3)16(20)18-17(4,5)6/h7-9,13H,10H2,1-6H3,(H,18,20)/t13-/m1/s1. The molecule has 0 spiro atoms. The minimum atomic E-state index is -0.853. The number of ether oxygens (including phenoxy) is 2. The lowest BCUT2D eigenvalue weighted by molar-refractivity contribution is -0.157. The highest BCUT2D eigenvalue weighted by Crippen LogP contribution is 2.20. The molecule has 5 nitrogen and oxygen atoms in total. The van der Waals surface area contributed by atoms with Gasteiger partial charge in [0.05, 0.1) is 0 Å². The molecular weight excluding hydrogens is 282 g/mol. The van der Waals surface area contributed by atoms with Crippen molar-refractivity contribution in [1.82, 2.24) is 5.32 Å². The maximum absolute atomic E-state index is 11.8. The molecule has 0 aromatic heterocycles. The maximum Gasteiger partial charge on any atom is 0.344 e. The normalized spacial score (nSPS) is 12.5. The van der Waals surface area contributed by atoms with Crippen LogP contribution in [0.2, 0.25) is 0 Å². The fourth-order valence-corrected chi connectivity index (χ4v) is 1.77. The average molecular weight is 307 g/mol. The van der Waals surface area contributed by atoms with Gasteiger partial charge in [-0.05, 0) is 58.7 Å². The Morgan fingerprint density at radius 1 is 1.23 bits per heavy atom. The molecule has 5 heteroatoms. The van der Waals surface area contributed by atoms with Crippen molar-refractivity contribution in [2.45, 2.75) is 53.2 Å². The first-order chi connectivity index (χ1) is 10.1. The highest BCUT2D eigenvalue weighted by Gasteiger charge is 2.22. The summed E-state index contributed by atoms with van der Waals surface area (Å²) in [6.07, 6.45) is -0.853. The first-order valence-corrected chi connectivity index (χ1v) is 7.30. The smallest absolute Gasteiger partial charge is 0.344 e. The zero-order valence-electron chi connectivity index (χ0n) is 14.1. The fraction of sp³-hybridized carbons (Fsp3) is 0.529. The van der Waals surface area contributed by atoms with Gasteiger partial charge in [-0.25, -0.2) is 4.79 Å². The first-order valence-electron chi connectivity index (χ1n) is 7.30. The van der Waals surface area contributed by atoms with Gasteiger partial charge in [0, 0.05) is 5.54 Å². The van der Waals surface area contributed by atoms with Crippen LogP contribution in [0, 0.1) is 13.8 Å². The molecule has 0 aliphatic carbocycles. The monoisotopic (exact) mass is 307 g/mol. The number of esters is 1. The largest absolute Gasteiger partial charge is 0.482 e. The summed E-state index contributed by atoms with van der Waals surface area (Å²) in [5.41, 5.74) is 1.70. The van der Waals surface area contributed by atoms with Crippen LogP contribution in [0.4, 0.5) is 0 Å². The molecule has 0 heterocycles. The molecule has 1 amide bonds. The van der Waals surface area contributed by atoms with Crippen molar-refractivity contribution in [3.05, 3.63) is 29.3 Å². The SMILES string of the molecule is Cc1cccc(OCC(=O)O[C@H](C)C(=O)NC(C)(C)C)c1C. The van der Waals surface area contributed by atoms with Gasteiger partial charge in [0.25, 0.3) is 5.91 Å². The number of aryl methyl sites for hydroxylation is 1. The van der Waals surface area contributed by atoms with Crippen LogP contribution >= 0.6 is 0 Å². The predicted octanol–water partition coefficient (Wildman–Crippen LogP) is 2.53. The molecular formula is C17H25NO4. The molecule has 22 heavy (non-hydrogen) atoms. The van der Waals surface area contributed by atoms with E-state index in [-0.39, 0.29) is 18.1 Å². The third-order valence-electron chi connectivity index (χ3n) is 3.08. The van der Waals surface area contributed by atoms with Gasteiger partial charge in [-0.3, -0.25) is 4.79 Å². The number of carbonyl (C=O) groups excluding carboxylic acids is 2. The molecule has 0 aliphatic rings. The van der Waals surface area contributed by atoms with E-state index in [4.69, 9.17) is 9.47 Å². The third-order valence-corrected chi connectivity index (χ3v) is 3.08. The number of amides is 1. The summed E-state index contributed by atoms with van der Waals surface area (Å²) >= 11 is 0. The number of carbonyl (C=O) groups is 2. The van der Waals surface area contributed by atoms with Gasteiger partial charge < -0.3 is 14.8 Å². The zero-order valence-corrected chi connectivity index (χ0v) is 14.1. The number of hydrogen-bond acceptors (Lipinski definition) is 4. The Morgan fingerprint density at radius 2 is 1.86 bits per heavy atom. The quantitative estimate of drug-likeness (QED) is 0.849. The second-order valence-corrected chi connectivity index (χ2v) is 6.36. The summed E-state index contributed by atoms with van der Waals surface area (Å²) in [4.78, 5) is 23.6. The number of benzene rings is 1. The Bertz CT molecular complexity index is 546. The fourth-order valence-electron chi connectivity index (χ4n) is 1.77. The van der Waals surface area contributed by atoms with Crippen LogP contribution in [0.3, 0.4) is 0 Å². The lowest BCUT2D eigenvalue weighted by Crippen LogP contribution is -2.46. The van der Waals surface area contributed by atoms with Crippen LogP contribution in [0.25, 0.3) is 0 Å². The molecule has 1 atom stereocenters. The minimum absolute atomic E-state index is 0.225. The van der Waals surface area contributed by atoms with Gasteiger partial charge in [0.2, 0.25) is 0 Å². The topological polar surface area (TPSA) is 64.6 Å². The summed E-state index contributed by atoms with van der Waals surface area (Å²) in [5.74, 6) is -0.256. The molecule has 0 unspecified atom stereocenters. The highest BCUT2D eigenvalue weighted by molar-refractivity contribution is 5.84. The molecule has 0 aliphatic heterocycles. The second kappa shape index (κ2) is 7.29. The molecule has 122 valence electrons. The molecule has 1 rings (SSSR count). The molecule has 0 bridgehead atoms. The zero-order chi connectivity index (χ0) is 16.9. The van der Waals surface area contributed by atoms with Crippen LogP contribution in [0.1, 0.15) is 38.8 Å². The Balaban J connectivity index is 2.49. The van der Waals surface area contributed by atoms with E-state index in [1.165, 1.54) is 6.92 Å². The summed E-state index contributed by atoms with van der Waals surface area (Å²) in [6.45, 7) is 10.8. The van der Waals surface area contributed by atoms with Gasteiger partial charge in [-0.1, -0.05) is 12.1 Å². The maximum atomic E-state index is 11.8. The number of hydrogen-bond donors (Lipinski definition) is 1. The van der Waals surface area contributed by atoms with Crippen molar-refractivity contribution in [1.29, 1.82) is 0 Å². The van der Waals surface area contributed by atoms with E-state index in [9.17, 15) is 9.59 Å². The Morgan fingerprint density at radius 3 is 2.45 bits per heavy atom. The van der Waals surface area contributed by atoms with Crippen molar-refractivity contribution in [2.24, 2.45) is 0 Å². The van der Waals surface area contributed by atoms with Crippen LogP contribution in [0.15, 0.2) is 18.2 Å². The molecule has 1 aromatic carbocycles. The summed E-state index contributed by atoms with van der Waals surface area (Å²) in [5, 5.41) is 2.76. The molecule has 0 fully saturated rings. The molecule has 0 saturated heterocycles. The van der Waals surface area contributed by atoms with Gasteiger partial charge in [0.1, 0.15) is 5.75 Å². The Labute approximate surface area is 132 Å². The Kier molecular flexibility index (Phi) is 5.97. The predicted molar refractivity (Wildman–Crippen MR) is 84.9 cm³/mol. The van der Waals surface area contributed by atoms with Crippen LogP contribution in [0.5, 0.6) is 5.75 Å². The highest BCUT2D eigenvalue weighted by atomic mass is 16.6. The van der Waals surface area contributed by atoms with Crippen molar-refractivity contribution in [2.75, 3.05) is 6.61 Å². The summed E-state index contributed by atoms with van der Waals surface area (Å²) < 4.78 is 10.5. The van der Waals surface area contributed by atoms with Crippen LogP contribution in [-0.4, -0.2) is 30.1 Å². The van der Waals surface area contributed by atoms with Gasteiger partial charge in [0.15, 0.2) is 12.7 Å². The Hall–Kier alpha value is -2.04. The number of nitrogens with one attached hydrogen (secondary N) is 1. The van der Waals surface area contributed by atoms with E-state index in [2.05, 4.69) is 5.32 Å². The van der Waals surface area contributed by atoms with E-state index < -0.39 is 12.1 Å². The molecule has 1 N–H and O–H groups in total. The molecule has 1 aromatic rings. The number of rotatable bonds is 5. The van der Waals surface area contributed by atoms with Crippen molar-refractivity contribution in [3.63, 3.8) is 0 Å². The van der Waals surface area contributed by atoms with E-state index in [1.807, 2.05) is 46.8 Å². The van der Waals surface area contributed by atoms with E-state index in [0.717, 1.165) is 11.1 Å². The average Bonchev–Trinajstić information content (AvgIpc) is 2.38. The van der Waals surface area contributed by atoms with Gasteiger partial charge in [-0.15, -0.1) is 0 Å².